The van der Waals surface area contributed by atoms with Crippen LogP contribution >= 0.6 is 0 Å². The van der Waals surface area contributed by atoms with E-state index in [1.165, 1.54) is 10.1 Å². The van der Waals surface area contributed by atoms with Crippen molar-refractivity contribution in [2.45, 2.75) is 11.8 Å². The average Bonchev–Trinajstić information content (AvgIpc) is 2.44. The second kappa shape index (κ2) is 3.60. The Bertz CT molecular complexity index is 886. The second-order valence-electron chi connectivity index (χ2n) is 5.50. The fourth-order valence-electron chi connectivity index (χ4n) is 3.53. The van der Waals surface area contributed by atoms with Gasteiger partial charge in [0.25, 0.3) is 5.56 Å². The van der Waals surface area contributed by atoms with E-state index in [-0.39, 0.29) is 23.1 Å². The lowest BCUT2D eigenvalue weighted by Gasteiger charge is -2.41. The van der Waals surface area contributed by atoms with Crippen molar-refractivity contribution in [1.82, 2.24) is 9.13 Å². The molecule has 4 rings (SSSR count). The maximum absolute atomic E-state index is 12.4. The molecule has 100 valence electrons. The van der Waals surface area contributed by atoms with Gasteiger partial charge in [-0.05, 0) is 11.1 Å². The smallest absolute Gasteiger partial charge is 0.300 e. The quantitative estimate of drug-likeness (QED) is 0.722. The Morgan fingerprint density at radius 2 is 1.80 bits per heavy atom. The van der Waals surface area contributed by atoms with Crippen LogP contribution in [-0.2, 0) is 14.1 Å². The third kappa shape index (κ3) is 1.17. The molecule has 0 radical (unpaired) electrons. The predicted molar refractivity (Wildman–Crippen MR) is 77.0 cm³/mol. The fourth-order valence-corrected chi connectivity index (χ4v) is 3.53. The zero-order chi connectivity index (χ0) is 14.0. The molecule has 0 saturated heterocycles. The molecule has 0 bridgehead atoms. The van der Waals surface area contributed by atoms with Gasteiger partial charge in [-0.25, -0.2) is 4.79 Å². The summed E-state index contributed by atoms with van der Waals surface area (Å²) in [4.78, 5) is 24.4. The molecule has 2 unspecified atom stereocenters. The van der Waals surface area contributed by atoms with Crippen LogP contribution in [0.2, 0.25) is 0 Å². The summed E-state index contributed by atoms with van der Waals surface area (Å²) >= 11 is 0. The number of benzene rings is 1. The molecule has 1 aromatic carbocycles. The lowest BCUT2D eigenvalue weighted by molar-refractivity contribution is 0.501. The van der Waals surface area contributed by atoms with E-state index in [0.29, 0.717) is 0 Å². The minimum absolute atomic E-state index is 0.0942. The molecule has 2 atom stereocenters. The SMILES string of the molecule is Cn1c2c(c(=O)n(C)c1=O)C1c3ccccc3C=CC21. The number of nitrogens with zero attached hydrogens (tertiary/aromatic N) is 2. The molecule has 20 heavy (non-hydrogen) atoms. The molecule has 0 fully saturated rings. The molecule has 2 aromatic rings. The number of hydrogen-bond donors (Lipinski definition) is 0. The van der Waals surface area contributed by atoms with Gasteiger partial charge in [-0.15, -0.1) is 0 Å². The van der Waals surface area contributed by atoms with E-state index in [1.807, 2.05) is 12.1 Å². The van der Waals surface area contributed by atoms with Gasteiger partial charge in [0.2, 0.25) is 0 Å². The third-order valence-corrected chi connectivity index (χ3v) is 4.55. The van der Waals surface area contributed by atoms with Gasteiger partial charge in [0.05, 0.1) is 0 Å². The van der Waals surface area contributed by atoms with Crippen molar-refractivity contribution in [2.24, 2.45) is 14.1 Å². The number of aromatic nitrogens is 2. The van der Waals surface area contributed by atoms with E-state index in [2.05, 4.69) is 24.3 Å². The molecule has 0 N–H and O–H groups in total. The maximum Gasteiger partial charge on any atom is 0.330 e. The Kier molecular flexibility index (Phi) is 2.06. The molecular weight excluding hydrogens is 252 g/mol. The van der Waals surface area contributed by atoms with E-state index in [9.17, 15) is 9.59 Å². The first-order valence-electron chi connectivity index (χ1n) is 6.68. The fraction of sp³-hybridized carbons (Fsp3) is 0.250. The van der Waals surface area contributed by atoms with E-state index < -0.39 is 0 Å². The van der Waals surface area contributed by atoms with Crippen molar-refractivity contribution < 1.29 is 0 Å². The molecule has 0 amide bonds. The highest BCUT2D eigenvalue weighted by molar-refractivity contribution is 5.66. The largest absolute Gasteiger partial charge is 0.330 e. The van der Waals surface area contributed by atoms with Crippen LogP contribution in [-0.4, -0.2) is 9.13 Å². The van der Waals surface area contributed by atoms with Crippen LogP contribution < -0.4 is 11.2 Å². The van der Waals surface area contributed by atoms with Crippen LogP contribution in [0.1, 0.15) is 34.2 Å². The lowest BCUT2D eigenvalue weighted by Crippen LogP contribution is -2.48. The Balaban J connectivity index is 2.07. The molecular formula is C16H14N2O2. The summed E-state index contributed by atoms with van der Waals surface area (Å²) in [6.07, 6.45) is 4.19. The summed E-state index contributed by atoms with van der Waals surface area (Å²) in [6, 6.07) is 8.14. The predicted octanol–water partition coefficient (Wildman–Crippen LogP) is 1.34. The Morgan fingerprint density at radius 1 is 1.05 bits per heavy atom. The minimum Gasteiger partial charge on any atom is -0.300 e. The highest BCUT2D eigenvalue weighted by Crippen LogP contribution is 2.52. The standard InChI is InChI=1S/C16H14N2O2/c1-17-14-11-8-7-9-5-3-4-6-10(9)12(11)13(14)15(19)18(2)16(17)20/h3-8,11-12H,1-2H3. The molecule has 0 spiro atoms. The topological polar surface area (TPSA) is 44.0 Å². The molecule has 0 saturated carbocycles. The summed E-state index contributed by atoms with van der Waals surface area (Å²) in [6.45, 7) is 0. The number of fused-ring (bicyclic) bond motifs is 6. The van der Waals surface area contributed by atoms with Gasteiger partial charge >= 0.3 is 5.69 Å². The third-order valence-electron chi connectivity index (χ3n) is 4.55. The maximum atomic E-state index is 12.4. The number of allylic oxidation sites excluding steroid dienone is 1. The second-order valence-corrected chi connectivity index (χ2v) is 5.50. The van der Waals surface area contributed by atoms with Gasteiger partial charge in [-0.2, -0.15) is 0 Å². The zero-order valence-electron chi connectivity index (χ0n) is 11.3. The van der Waals surface area contributed by atoms with E-state index in [0.717, 1.165) is 16.8 Å². The number of rotatable bonds is 0. The first kappa shape index (κ1) is 11.5. The number of hydrogen-bond acceptors (Lipinski definition) is 2. The van der Waals surface area contributed by atoms with Crippen molar-refractivity contribution in [3.63, 3.8) is 0 Å². The summed E-state index contributed by atoms with van der Waals surface area (Å²) in [7, 11) is 3.29. The zero-order valence-corrected chi connectivity index (χ0v) is 11.3. The molecule has 4 heteroatoms. The average molecular weight is 266 g/mol. The highest BCUT2D eigenvalue weighted by atomic mass is 16.2. The normalized spacial score (nSPS) is 21.7. The molecule has 2 aliphatic carbocycles. The van der Waals surface area contributed by atoms with Crippen LogP contribution in [0.4, 0.5) is 0 Å². The van der Waals surface area contributed by atoms with Crippen LogP contribution in [0.25, 0.3) is 6.08 Å². The van der Waals surface area contributed by atoms with Gasteiger partial charge in [0, 0.05) is 37.2 Å². The van der Waals surface area contributed by atoms with Crippen LogP contribution in [0.15, 0.2) is 39.9 Å². The van der Waals surface area contributed by atoms with Gasteiger partial charge in [-0.3, -0.25) is 13.9 Å². The van der Waals surface area contributed by atoms with Crippen molar-refractivity contribution in [3.05, 3.63) is 73.6 Å². The van der Waals surface area contributed by atoms with E-state index in [1.54, 1.807) is 18.7 Å². The van der Waals surface area contributed by atoms with Gasteiger partial charge < -0.3 is 0 Å². The van der Waals surface area contributed by atoms with Crippen molar-refractivity contribution in [2.75, 3.05) is 0 Å². The van der Waals surface area contributed by atoms with Crippen molar-refractivity contribution in [1.29, 1.82) is 0 Å². The summed E-state index contributed by atoms with van der Waals surface area (Å²) in [5.41, 5.74) is 3.58. The molecule has 4 nitrogen and oxygen atoms in total. The van der Waals surface area contributed by atoms with Crippen molar-refractivity contribution >= 4 is 6.08 Å². The summed E-state index contributed by atoms with van der Waals surface area (Å²) in [5.74, 6) is 0.239. The van der Waals surface area contributed by atoms with Crippen LogP contribution in [0.3, 0.4) is 0 Å². The van der Waals surface area contributed by atoms with Crippen molar-refractivity contribution in [3.8, 4) is 0 Å². The Hall–Kier alpha value is -2.36. The monoisotopic (exact) mass is 266 g/mol. The Morgan fingerprint density at radius 3 is 2.60 bits per heavy atom. The van der Waals surface area contributed by atoms with E-state index >= 15 is 0 Å². The minimum atomic E-state index is -0.251. The van der Waals surface area contributed by atoms with Gasteiger partial charge in [-0.1, -0.05) is 36.4 Å². The van der Waals surface area contributed by atoms with Crippen LogP contribution in [0.5, 0.6) is 0 Å². The highest BCUT2D eigenvalue weighted by Gasteiger charge is 2.44. The lowest BCUT2D eigenvalue weighted by atomic mass is 9.64. The van der Waals surface area contributed by atoms with E-state index in [4.69, 9.17) is 0 Å². The molecule has 1 aromatic heterocycles. The molecule has 1 heterocycles. The van der Waals surface area contributed by atoms with Crippen LogP contribution in [0, 0.1) is 0 Å². The summed E-state index contributed by atoms with van der Waals surface area (Å²) in [5, 5.41) is 0. The van der Waals surface area contributed by atoms with Gasteiger partial charge in [0.15, 0.2) is 0 Å². The molecule has 0 aliphatic heterocycles. The first-order chi connectivity index (χ1) is 9.61. The Labute approximate surface area is 115 Å². The summed E-state index contributed by atoms with van der Waals surface area (Å²) < 4.78 is 2.81. The van der Waals surface area contributed by atoms with Gasteiger partial charge in [0.1, 0.15) is 0 Å². The molecule has 2 aliphatic rings. The first-order valence-corrected chi connectivity index (χ1v) is 6.68.